The third-order valence-electron chi connectivity index (χ3n) is 4.17. The molecule has 6 heteroatoms. The number of pyridine rings is 1. The fourth-order valence-electron chi connectivity index (χ4n) is 2.90. The van der Waals surface area contributed by atoms with E-state index in [1.54, 1.807) is 17.5 Å². The van der Waals surface area contributed by atoms with Gasteiger partial charge in [-0.2, -0.15) is 0 Å². The molecule has 3 heterocycles. The summed E-state index contributed by atoms with van der Waals surface area (Å²) in [7, 11) is 0. The smallest absolute Gasteiger partial charge is 0.407 e. The van der Waals surface area contributed by atoms with Crippen molar-refractivity contribution in [1.29, 1.82) is 0 Å². The highest BCUT2D eigenvalue weighted by atomic mass is 32.1. The third kappa shape index (κ3) is 3.44. The van der Waals surface area contributed by atoms with E-state index in [1.165, 1.54) is 9.78 Å². The van der Waals surface area contributed by atoms with Crippen LogP contribution in [0.5, 0.6) is 0 Å². The molecule has 0 bridgehead atoms. The van der Waals surface area contributed by atoms with Gasteiger partial charge in [-0.05, 0) is 38.5 Å². The molecule has 0 saturated carbocycles. The molecular weight excluding hydrogens is 324 g/mol. The highest BCUT2D eigenvalue weighted by Crippen LogP contribution is 2.39. The summed E-state index contributed by atoms with van der Waals surface area (Å²) in [4.78, 5) is 19.7. The van der Waals surface area contributed by atoms with Gasteiger partial charge in [0.2, 0.25) is 0 Å². The molecule has 24 heavy (non-hydrogen) atoms. The van der Waals surface area contributed by atoms with Gasteiger partial charge in [0.25, 0.3) is 0 Å². The monoisotopic (exact) mass is 346 g/mol. The number of carbonyl (C=O) groups is 1. The van der Waals surface area contributed by atoms with Crippen LogP contribution in [0.1, 0.15) is 37.3 Å². The average Bonchev–Trinajstić information content (AvgIpc) is 2.96. The standard InChI is InChI=1S/C18H22N2O3S/c1-18(2,3)20(17(21)22)11-14-13-9-16(12-5-4-7-19-10-12)24-15(13)6-8-23-14/h4-5,7,9-10,14H,6,8,11H2,1-3H3,(H,21,22). The Bertz CT molecular complexity index is 722. The van der Waals surface area contributed by atoms with E-state index in [4.69, 9.17) is 4.74 Å². The van der Waals surface area contributed by atoms with Gasteiger partial charge in [0.1, 0.15) is 6.10 Å². The number of fused-ring (bicyclic) bond motifs is 1. The first kappa shape index (κ1) is 16.9. The van der Waals surface area contributed by atoms with Gasteiger partial charge in [-0.15, -0.1) is 11.3 Å². The Kier molecular flexibility index (Phi) is 4.60. The number of ether oxygens (including phenoxy) is 1. The van der Waals surface area contributed by atoms with Crippen molar-refractivity contribution >= 4 is 17.4 Å². The molecule has 3 rings (SSSR count). The maximum atomic E-state index is 11.6. The zero-order valence-electron chi connectivity index (χ0n) is 14.2. The van der Waals surface area contributed by atoms with E-state index in [1.807, 2.05) is 39.1 Å². The Balaban J connectivity index is 1.89. The summed E-state index contributed by atoms with van der Waals surface area (Å²) in [6.07, 6.45) is 3.36. The lowest BCUT2D eigenvalue weighted by molar-refractivity contribution is 0.0000390. The van der Waals surface area contributed by atoms with Gasteiger partial charge in [-0.3, -0.25) is 4.98 Å². The maximum absolute atomic E-state index is 11.6. The van der Waals surface area contributed by atoms with E-state index in [9.17, 15) is 9.90 Å². The van der Waals surface area contributed by atoms with Crippen LogP contribution in [0.3, 0.4) is 0 Å². The van der Waals surface area contributed by atoms with E-state index in [0.29, 0.717) is 13.2 Å². The normalized spacial score (nSPS) is 17.4. The van der Waals surface area contributed by atoms with Crippen molar-refractivity contribution < 1.29 is 14.6 Å². The molecule has 2 aromatic heterocycles. The largest absolute Gasteiger partial charge is 0.465 e. The number of carboxylic acid groups (broad SMARTS) is 1. The predicted molar refractivity (Wildman–Crippen MR) is 94.4 cm³/mol. The van der Waals surface area contributed by atoms with Crippen LogP contribution in [0.25, 0.3) is 10.4 Å². The van der Waals surface area contributed by atoms with Crippen LogP contribution in [-0.4, -0.2) is 39.8 Å². The summed E-state index contributed by atoms with van der Waals surface area (Å²) in [5.74, 6) is 0. The highest BCUT2D eigenvalue weighted by Gasteiger charge is 2.32. The minimum Gasteiger partial charge on any atom is -0.465 e. The van der Waals surface area contributed by atoms with E-state index >= 15 is 0 Å². The minimum atomic E-state index is -0.916. The number of nitrogens with zero attached hydrogens (tertiary/aromatic N) is 2. The third-order valence-corrected chi connectivity index (χ3v) is 5.43. The van der Waals surface area contributed by atoms with E-state index < -0.39 is 11.6 Å². The Labute approximate surface area is 145 Å². The SMILES string of the molecule is CC(C)(C)N(CC1OCCc2sc(-c3cccnc3)cc21)C(=O)O. The Morgan fingerprint density at radius 3 is 2.92 bits per heavy atom. The Morgan fingerprint density at radius 2 is 2.29 bits per heavy atom. The van der Waals surface area contributed by atoms with Gasteiger partial charge in [0.15, 0.2) is 0 Å². The average molecular weight is 346 g/mol. The van der Waals surface area contributed by atoms with Gasteiger partial charge < -0.3 is 14.7 Å². The zero-order valence-corrected chi connectivity index (χ0v) is 15.0. The van der Waals surface area contributed by atoms with Gasteiger partial charge in [0, 0.05) is 39.7 Å². The van der Waals surface area contributed by atoms with E-state index in [0.717, 1.165) is 22.4 Å². The van der Waals surface area contributed by atoms with Gasteiger partial charge in [0.05, 0.1) is 13.2 Å². The molecular formula is C18H22N2O3S. The van der Waals surface area contributed by atoms with E-state index in [-0.39, 0.29) is 6.10 Å². The lowest BCUT2D eigenvalue weighted by Gasteiger charge is -2.36. The number of hydrogen-bond acceptors (Lipinski definition) is 4. The number of rotatable bonds is 3. The molecule has 1 atom stereocenters. The zero-order chi connectivity index (χ0) is 17.3. The van der Waals surface area contributed by atoms with Crippen LogP contribution in [-0.2, 0) is 11.2 Å². The van der Waals surface area contributed by atoms with Crippen LogP contribution in [0, 0.1) is 0 Å². The Morgan fingerprint density at radius 1 is 1.50 bits per heavy atom. The Hall–Kier alpha value is -1.92. The van der Waals surface area contributed by atoms with E-state index in [2.05, 4.69) is 11.1 Å². The first-order chi connectivity index (χ1) is 11.4. The number of aromatic nitrogens is 1. The second-order valence-corrected chi connectivity index (χ2v) is 8.04. The summed E-state index contributed by atoms with van der Waals surface area (Å²) in [6, 6.07) is 6.09. The molecule has 0 radical (unpaired) electrons. The lowest BCUT2D eigenvalue weighted by atomic mass is 10.0. The second kappa shape index (κ2) is 6.53. The molecule has 5 nitrogen and oxygen atoms in total. The van der Waals surface area contributed by atoms with Crippen molar-refractivity contribution in [2.75, 3.05) is 13.2 Å². The van der Waals surface area contributed by atoms with Crippen molar-refractivity contribution in [3.05, 3.63) is 41.0 Å². The van der Waals surface area contributed by atoms with Gasteiger partial charge >= 0.3 is 6.09 Å². The number of hydrogen-bond donors (Lipinski definition) is 1. The summed E-state index contributed by atoms with van der Waals surface area (Å²) in [5, 5.41) is 9.54. The van der Waals surface area contributed by atoms with Crippen molar-refractivity contribution in [1.82, 2.24) is 9.88 Å². The molecule has 1 aliphatic heterocycles. The fraction of sp³-hybridized carbons (Fsp3) is 0.444. The first-order valence-electron chi connectivity index (χ1n) is 8.01. The second-order valence-electron chi connectivity index (χ2n) is 6.90. The van der Waals surface area contributed by atoms with Crippen LogP contribution < -0.4 is 0 Å². The van der Waals surface area contributed by atoms with Gasteiger partial charge in [-0.25, -0.2) is 4.79 Å². The summed E-state index contributed by atoms with van der Waals surface area (Å²) in [5.41, 5.74) is 1.73. The molecule has 1 amide bonds. The first-order valence-corrected chi connectivity index (χ1v) is 8.83. The molecule has 0 fully saturated rings. The van der Waals surface area contributed by atoms with Gasteiger partial charge in [-0.1, -0.05) is 6.07 Å². The maximum Gasteiger partial charge on any atom is 0.407 e. The fourth-order valence-corrected chi connectivity index (χ4v) is 4.08. The highest BCUT2D eigenvalue weighted by molar-refractivity contribution is 7.15. The summed E-state index contributed by atoms with van der Waals surface area (Å²) < 4.78 is 5.92. The minimum absolute atomic E-state index is 0.217. The van der Waals surface area contributed by atoms with Crippen molar-refractivity contribution in [2.45, 2.75) is 38.8 Å². The molecule has 0 aliphatic carbocycles. The topological polar surface area (TPSA) is 62.7 Å². The molecule has 0 saturated heterocycles. The predicted octanol–water partition coefficient (Wildman–Crippen LogP) is 4.20. The van der Waals surface area contributed by atoms with Crippen molar-refractivity contribution in [3.8, 4) is 10.4 Å². The van der Waals surface area contributed by atoms with Crippen molar-refractivity contribution in [2.24, 2.45) is 0 Å². The summed E-state index contributed by atoms with van der Waals surface area (Å²) >= 11 is 1.75. The molecule has 0 spiro atoms. The molecule has 2 aromatic rings. The molecule has 1 unspecified atom stereocenters. The van der Waals surface area contributed by atoms with Crippen LogP contribution in [0.15, 0.2) is 30.6 Å². The van der Waals surface area contributed by atoms with Crippen LogP contribution >= 0.6 is 11.3 Å². The quantitative estimate of drug-likeness (QED) is 0.904. The van der Waals surface area contributed by atoms with Crippen LogP contribution in [0.2, 0.25) is 0 Å². The van der Waals surface area contributed by atoms with Crippen molar-refractivity contribution in [3.63, 3.8) is 0 Å². The molecule has 0 aromatic carbocycles. The molecule has 128 valence electrons. The molecule has 1 N–H and O–H groups in total. The van der Waals surface area contributed by atoms with Crippen LogP contribution in [0.4, 0.5) is 4.79 Å². The number of amides is 1. The summed E-state index contributed by atoms with van der Waals surface area (Å²) in [6.45, 7) is 6.68. The lowest BCUT2D eigenvalue weighted by Crippen LogP contribution is -2.47. The number of thiophene rings is 1. The molecule has 1 aliphatic rings.